The summed E-state index contributed by atoms with van der Waals surface area (Å²) in [7, 11) is 1.34. The molecule has 0 amide bonds. The van der Waals surface area contributed by atoms with Crippen molar-refractivity contribution in [1.29, 1.82) is 0 Å². The number of hydrogen-bond donors (Lipinski definition) is 0. The second kappa shape index (κ2) is 3.52. The van der Waals surface area contributed by atoms with Crippen LogP contribution in [-0.4, -0.2) is 18.9 Å². The van der Waals surface area contributed by atoms with Crippen molar-refractivity contribution in [3.8, 4) is 0 Å². The van der Waals surface area contributed by atoms with Crippen molar-refractivity contribution in [2.45, 2.75) is 13.3 Å². The minimum absolute atomic E-state index is 0.0513. The van der Waals surface area contributed by atoms with E-state index in [0.29, 0.717) is 6.42 Å². The molecule has 0 N–H and O–H groups in total. The number of methoxy groups -OCH3 is 1. The first-order valence-corrected chi connectivity index (χ1v) is 3.91. The fourth-order valence-electron chi connectivity index (χ4n) is 1.45. The zero-order chi connectivity index (χ0) is 9.14. The van der Waals surface area contributed by atoms with Gasteiger partial charge in [0.1, 0.15) is 5.78 Å². The number of Topliss-reactive ketones (excluding diaryl/α,β-unsaturated/α-hetero) is 1. The second-order valence-corrected chi connectivity index (χ2v) is 2.93. The lowest BCUT2D eigenvalue weighted by Gasteiger charge is -2.13. The Morgan fingerprint density at radius 3 is 2.67 bits per heavy atom. The Morgan fingerprint density at radius 1 is 1.50 bits per heavy atom. The van der Waals surface area contributed by atoms with Crippen LogP contribution in [0.4, 0.5) is 0 Å². The molecule has 0 aromatic carbocycles. The maximum atomic E-state index is 11.1. The van der Waals surface area contributed by atoms with Crippen LogP contribution < -0.4 is 0 Å². The van der Waals surface area contributed by atoms with Gasteiger partial charge in [-0.15, -0.1) is 0 Å². The van der Waals surface area contributed by atoms with Gasteiger partial charge in [0.05, 0.1) is 13.0 Å². The Labute approximate surface area is 71.4 Å². The van der Waals surface area contributed by atoms with Crippen LogP contribution in [0.3, 0.4) is 0 Å². The van der Waals surface area contributed by atoms with E-state index in [4.69, 9.17) is 0 Å². The number of carbonyl (C=O) groups is 2. The van der Waals surface area contributed by atoms with Crippen molar-refractivity contribution in [3.05, 3.63) is 12.2 Å². The fraction of sp³-hybridized carbons (Fsp3) is 0.556. The van der Waals surface area contributed by atoms with Crippen LogP contribution in [0.15, 0.2) is 12.2 Å². The van der Waals surface area contributed by atoms with Crippen LogP contribution >= 0.6 is 0 Å². The summed E-state index contributed by atoms with van der Waals surface area (Å²) in [4.78, 5) is 22.1. The highest BCUT2D eigenvalue weighted by Crippen LogP contribution is 2.26. The lowest BCUT2D eigenvalue weighted by Crippen LogP contribution is -2.24. The zero-order valence-corrected chi connectivity index (χ0v) is 7.24. The highest BCUT2D eigenvalue weighted by Gasteiger charge is 2.32. The molecule has 1 aliphatic rings. The van der Waals surface area contributed by atoms with Crippen molar-refractivity contribution in [2.75, 3.05) is 7.11 Å². The standard InChI is InChI=1S/C9H12O3/c1-6(10)7-4-3-5-8(7)9(11)12-2/h3,5,7-8H,4H2,1-2H3. The summed E-state index contributed by atoms with van der Waals surface area (Å²) in [5, 5.41) is 0. The highest BCUT2D eigenvalue weighted by molar-refractivity contribution is 5.87. The average molecular weight is 168 g/mol. The molecule has 0 saturated heterocycles. The van der Waals surface area contributed by atoms with E-state index < -0.39 is 0 Å². The molecule has 2 atom stereocenters. The summed E-state index contributed by atoms with van der Waals surface area (Å²) < 4.78 is 4.57. The predicted octanol–water partition coefficient (Wildman–Crippen LogP) is 0.941. The van der Waals surface area contributed by atoms with Gasteiger partial charge >= 0.3 is 5.97 Å². The maximum Gasteiger partial charge on any atom is 0.313 e. The van der Waals surface area contributed by atoms with Gasteiger partial charge in [0.25, 0.3) is 0 Å². The van der Waals surface area contributed by atoms with Gasteiger partial charge in [-0.3, -0.25) is 9.59 Å². The molecule has 2 unspecified atom stereocenters. The Balaban J connectivity index is 2.69. The van der Waals surface area contributed by atoms with E-state index in [2.05, 4.69) is 4.74 Å². The van der Waals surface area contributed by atoms with Gasteiger partial charge in [-0.2, -0.15) is 0 Å². The minimum atomic E-state index is -0.354. The van der Waals surface area contributed by atoms with Gasteiger partial charge in [0, 0.05) is 5.92 Å². The quantitative estimate of drug-likeness (QED) is 0.455. The average Bonchev–Trinajstić information content (AvgIpc) is 2.50. The van der Waals surface area contributed by atoms with Crippen LogP contribution in [0.2, 0.25) is 0 Å². The molecule has 12 heavy (non-hydrogen) atoms. The van der Waals surface area contributed by atoms with Crippen molar-refractivity contribution < 1.29 is 14.3 Å². The van der Waals surface area contributed by atoms with Crippen molar-refractivity contribution in [1.82, 2.24) is 0 Å². The fourth-order valence-corrected chi connectivity index (χ4v) is 1.45. The predicted molar refractivity (Wildman–Crippen MR) is 43.4 cm³/mol. The van der Waals surface area contributed by atoms with Crippen LogP contribution in [0.1, 0.15) is 13.3 Å². The molecule has 0 bridgehead atoms. The topological polar surface area (TPSA) is 43.4 Å². The lowest BCUT2D eigenvalue weighted by atomic mass is 9.92. The molecule has 0 heterocycles. The largest absolute Gasteiger partial charge is 0.469 e. The van der Waals surface area contributed by atoms with E-state index in [9.17, 15) is 9.59 Å². The molecular formula is C9H12O3. The SMILES string of the molecule is COC(=O)C1C=CCC1C(C)=O. The normalized spacial score (nSPS) is 27.2. The first-order valence-electron chi connectivity index (χ1n) is 3.91. The van der Waals surface area contributed by atoms with Crippen molar-refractivity contribution in [2.24, 2.45) is 11.8 Å². The van der Waals surface area contributed by atoms with Crippen molar-refractivity contribution in [3.63, 3.8) is 0 Å². The van der Waals surface area contributed by atoms with Gasteiger partial charge in [0.2, 0.25) is 0 Å². The second-order valence-electron chi connectivity index (χ2n) is 2.93. The number of rotatable bonds is 2. The van der Waals surface area contributed by atoms with E-state index in [0.717, 1.165) is 0 Å². The Hall–Kier alpha value is -1.12. The molecule has 0 spiro atoms. The summed E-state index contributed by atoms with van der Waals surface area (Å²) in [5.41, 5.74) is 0. The molecule has 0 fully saturated rings. The van der Waals surface area contributed by atoms with E-state index in [-0.39, 0.29) is 23.6 Å². The smallest absolute Gasteiger partial charge is 0.313 e. The van der Waals surface area contributed by atoms with E-state index in [1.165, 1.54) is 14.0 Å². The molecule has 0 saturated carbocycles. The molecule has 66 valence electrons. The van der Waals surface area contributed by atoms with E-state index in [1.807, 2.05) is 6.08 Å². The van der Waals surface area contributed by atoms with E-state index >= 15 is 0 Å². The summed E-state index contributed by atoms with van der Waals surface area (Å²) >= 11 is 0. The monoisotopic (exact) mass is 168 g/mol. The third kappa shape index (κ3) is 1.55. The Bertz CT molecular complexity index is 230. The number of allylic oxidation sites excluding steroid dienone is 1. The summed E-state index contributed by atoms with van der Waals surface area (Å²) in [5.74, 6) is -0.815. The molecule has 0 radical (unpaired) electrons. The molecular weight excluding hydrogens is 156 g/mol. The summed E-state index contributed by atoms with van der Waals surface area (Å²) in [6.45, 7) is 1.51. The third-order valence-electron chi connectivity index (χ3n) is 2.16. The van der Waals surface area contributed by atoms with Gasteiger partial charge in [0.15, 0.2) is 0 Å². The molecule has 3 nitrogen and oxygen atoms in total. The maximum absolute atomic E-state index is 11.1. The Kier molecular flexibility index (Phi) is 2.63. The first-order chi connectivity index (χ1) is 5.66. The number of ether oxygens (including phenoxy) is 1. The molecule has 0 aliphatic heterocycles. The number of ketones is 1. The third-order valence-corrected chi connectivity index (χ3v) is 2.16. The van der Waals surface area contributed by atoms with Gasteiger partial charge in [-0.1, -0.05) is 12.2 Å². The lowest BCUT2D eigenvalue weighted by molar-refractivity contribution is -0.147. The Morgan fingerprint density at radius 2 is 2.17 bits per heavy atom. The molecule has 3 heteroatoms. The number of hydrogen-bond acceptors (Lipinski definition) is 3. The van der Waals surface area contributed by atoms with Gasteiger partial charge < -0.3 is 4.74 Å². The molecule has 0 aromatic heterocycles. The van der Waals surface area contributed by atoms with Crippen LogP contribution in [0, 0.1) is 11.8 Å². The highest BCUT2D eigenvalue weighted by atomic mass is 16.5. The zero-order valence-electron chi connectivity index (χ0n) is 7.24. The molecule has 0 aromatic rings. The number of carbonyl (C=O) groups excluding carboxylic acids is 2. The number of esters is 1. The van der Waals surface area contributed by atoms with Crippen molar-refractivity contribution >= 4 is 11.8 Å². The molecule has 1 aliphatic carbocycles. The summed E-state index contributed by atoms with van der Waals surface area (Å²) in [6, 6.07) is 0. The molecule has 1 rings (SSSR count). The minimum Gasteiger partial charge on any atom is -0.469 e. The van der Waals surface area contributed by atoms with Crippen LogP contribution in [-0.2, 0) is 14.3 Å². The van der Waals surface area contributed by atoms with Crippen LogP contribution in [0.5, 0.6) is 0 Å². The van der Waals surface area contributed by atoms with E-state index in [1.54, 1.807) is 6.08 Å². The van der Waals surface area contributed by atoms with Gasteiger partial charge in [-0.25, -0.2) is 0 Å². The van der Waals surface area contributed by atoms with Gasteiger partial charge in [-0.05, 0) is 13.3 Å². The summed E-state index contributed by atoms with van der Waals surface area (Å²) in [6.07, 6.45) is 4.26. The van der Waals surface area contributed by atoms with Crippen LogP contribution in [0.25, 0.3) is 0 Å². The first kappa shape index (κ1) is 8.97.